The molecule has 0 bridgehead atoms. The highest BCUT2D eigenvalue weighted by Gasteiger charge is 2.09. The molecule has 7 heteroatoms. The number of thiocarbonyl (C=S) groups is 1. The number of carbonyl (C=O) groups is 1. The Labute approximate surface area is 165 Å². The predicted octanol–water partition coefficient (Wildman–Crippen LogP) is 3.43. The number of methoxy groups -OCH3 is 1. The molecule has 0 unspecified atom stereocenters. The number of nitrogens with one attached hydrogen (secondary N) is 2. The average Bonchev–Trinajstić information content (AvgIpc) is 2.68. The van der Waals surface area contributed by atoms with Gasteiger partial charge in [-0.15, -0.1) is 0 Å². The van der Waals surface area contributed by atoms with E-state index < -0.39 is 0 Å². The fraction of sp³-hybridized carbons (Fsp3) is 0.300. The van der Waals surface area contributed by atoms with Crippen LogP contribution in [0.25, 0.3) is 0 Å². The van der Waals surface area contributed by atoms with Crippen molar-refractivity contribution in [1.82, 2.24) is 5.32 Å². The topological polar surface area (TPSA) is 62.8 Å². The maximum absolute atomic E-state index is 12.0. The van der Waals surface area contributed by atoms with Gasteiger partial charge in [-0.05, 0) is 62.5 Å². The molecule has 0 heterocycles. The molecule has 2 rings (SSSR count). The smallest absolute Gasteiger partial charge is 0.264 e. The minimum Gasteiger partial charge on any atom is -0.493 e. The van der Waals surface area contributed by atoms with Crippen LogP contribution in [0, 0.1) is 0 Å². The molecule has 144 valence electrons. The van der Waals surface area contributed by atoms with Gasteiger partial charge >= 0.3 is 0 Å². The SMILES string of the molecule is CCN(CC)c1ccc(NC(=S)NC(=O)COc2ccccc2OC)cc1. The Morgan fingerprint density at radius 2 is 1.67 bits per heavy atom. The Hall–Kier alpha value is -2.80. The second-order valence-corrected chi connectivity index (χ2v) is 6.07. The first-order valence-electron chi connectivity index (χ1n) is 8.79. The second kappa shape index (κ2) is 10.4. The van der Waals surface area contributed by atoms with E-state index in [4.69, 9.17) is 21.7 Å². The molecule has 0 fully saturated rings. The summed E-state index contributed by atoms with van der Waals surface area (Å²) in [6.07, 6.45) is 0. The highest BCUT2D eigenvalue weighted by Crippen LogP contribution is 2.25. The molecule has 0 radical (unpaired) electrons. The molecule has 0 aromatic heterocycles. The van der Waals surface area contributed by atoms with Crippen molar-refractivity contribution in [3.05, 3.63) is 48.5 Å². The summed E-state index contributed by atoms with van der Waals surface area (Å²) in [6, 6.07) is 15.0. The van der Waals surface area contributed by atoms with Gasteiger partial charge in [0.1, 0.15) is 0 Å². The normalized spacial score (nSPS) is 10.0. The number of rotatable bonds is 8. The third-order valence-electron chi connectivity index (χ3n) is 3.93. The molecule has 0 atom stereocenters. The summed E-state index contributed by atoms with van der Waals surface area (Å²) in [7, 11) is 1.55. The molecule has 0 saturated carbocycles. The standard InChI is InChI=1S/C20H25N3O3S/c1-4-23(5-2)16-12-10-15(11-13-16)21-20(27)22-19(24)14-26-18-9-7-6-8-17(18)25-3/h6-13H,4-5,14H2,1-3H3,(H2,21,22,24,27). The summed E-state index contributed by atoms with van der Waals surface area (Å²) >= 11 is 5.19. The first-order valence-corrected chi connectivity index (χ1v) is 9.19. The van der Waals surface area contributed by atoms with Crippen molar-refractivity contribution in [3.63, 3.8) is 0 Å². The van der Waals surface area contributed by atoms with Gasteiger partial charge < -0.3 is 19.7 Å². The molecule has 0 spiro atoms. The molecule has 0 aliphatic heterocycles. The first kappa shape index (κ1) is 20.5. The van der Waals surface area contributed by atoms with E-state index in [0.29, 0.717) is 11.5 Å². The van der Waals surface area contributed by atoms with Crippen LogP contribution in [0.4, 0.5) is 11.4 Å². The quantitative estimate of drug-likeness (QED) is 0.677. The molecule has 0 aliphatic rings. The molecule has 27 heavy (non-hydrogen) atoms. The van der Waals surface area contributed by atoms with Crippen LogP contribution < -0.4 is 25.0 Å². The largest absolute Gasteiger partial charge is 0.493 e. The monoisotopic (exact) mass is 387 g/mol. The van der Waals surface area contributed by atoms with E-state index >= 15 is 0 Å². The van der Waals surface area contributed by atoms with Crippen molar-refractivity contribution in [2.24, 2.45) is 0 Å². The van der Waals surface area contributed by atoms with E-state index in [1.807, 2.05) is 36.4 Å². The van der Waals surface area contributed by atoms with Crippen molar-refractivity contribution in [2.75, 3.05) is 37.0 Å². The lowest BCUT2D eigenvalue weighted by Gasteiger charge is -2.21. The third kappa shape index (κ3) is 6.14. The number of benzene rings is 2. The van der Waals surface area contributed by atoms with Crippen LogP contribution in [0.5, 0.6) is 11.5 Å². The van der Waals surface area contributed by atoms with Crippen molar-refractivity contribution >= 4 is 34.6 Å². The summed E-state index contributed by atoms with van der Waals surface area (Å²) in [5.41, 5.74) is 1.95. The highest BCUT2D eigenvalue weighted by molar-refractivity contribution is 7.80. The van der Waals surface area contributed by atoms with Crippen molar-refractivity contribution < 1.29 is 14.3 Å². The number of amides is 1. The van der Waals surface area contributed by atoms with Crippen LogP contribution in [-0.2, 0) is 4.79 Å². The van der Waals surface area contributed by atoms with Crippen molar-refractivity contribution in [3.8, 4) is 11.5 Å². The third-order valence-corrected chi connectivity index (χ3v) is 4.14. The second-order valence-electron chi connectivity index (χ2n) is 5.66. The van der Waals surface area contributed by atoms with E-state index in [1.54, 1.807) is 19.2 Å². The summed E-state index contributed by atoms with van der Waals surface area (Å²) < 4.78 is 10.7. The Bertz CT molecular complexity index is 761. The van der Waals surface area contributed by atoms with Crippen LogP contribution >= 0.6 is 12.2 Å². The fourth-order valence-corrected chi connectivity index (χ4v) is 2.78. The van der Waals surface area contributed by atoms with Crippen LogP contribution in [0.2, 0.25) is 0 Å². The maximum Gasteiger partial charge on any atom is 0.264 e. The van der Waals surface area contributed by atoms with Gasteiger partial charge in [-0.2, -0.15) is 0 Å². The van der Waals surface area contributed by atoms with Crippen LogP contribution in [0.3, 0.4) is 0 Å². The van der Waals surface area contributed by atoms with E-state index in [-0.39, 0.29) is 17.6 Å². The summed E-state index contributed by atoms with van der Waals surface area (Å²) in [5.74, 6) is 0.721. The van der Waals surface area contributed by atoms with Gasteiger partial charge in [0.2, 0.25) is 0 Å². The number of hydrogen-bond acceptors (Lipinski definition) is 5. The van der Waals surface area contributed by atoms with Crippen LogP contribution in [0.1, 0.15) is 13.8 Å². The lowest BCUT2D eigenvalue weighted by Crippen LogP contribution is -2.37. The van der Waals surface area contributed by atoms with Gasteiger partial charge in [-0.3, -0.25) is 10.1 Å². The number of ether oxygens (including phenoxy) is 2. The lowest BCUT2D eigenvalue weighted by atomic mass is 10.2. The summed E-state index contributed by atoms with van der Waals surface area (Å²) in [6.45, 7) is 5.97. The lowest BCUT2D eigenvalue weighted by molar-refractivity contribution is -0.121. The molecule has 2 aromatic carbocycles. The highest BCUT2D eigenvalue weighted by atomic mass is 32.1. The number of hydrogen-bond donors (Lipinski definition) is 2. The Kier molecular flexibility index (Phi) is 7.88. The van der Waals surface area contributed by atoms with Gasteiger partial charge in [0, 0.05) is 24.5 Å². The van der Waals surface area contributed by atoms with Gasteiger partial charge in [0.25, 0.3) is 5.91 Å². The molecule has 2 N–H and O–H groups in total. The van der Waals surface area contributed by atoms with Gasteiger partial charge in [0.15, 0.2) is 23.2 Å². The summed E-state index contributed by atoms with van der Waals surface area (Å²) in [4.78, 5) is 14.3. The summed E-state index contributed by atoms with van der Waals surface area (Å²) in [5, 5.41) is 5.82. The van der Waals surface area contributed by atoms with Crippen LogP contribution in [0.15, 0.2) is 48.5 Å². The van der Waals surface area contributed by atoms with Gasteiger partial charge in [-0.1, -0.05) is 12.1 Å². The maximum atomic E-state index is 12.0. The number of nitrogens with zero attached hydrogens (tertiary/aromatic N) is 1. The van der Waals surface area contributed by atoms with E-state index in [9.17, 15) is 4.79 Å². The zero-order valence-electron chi connectivity index (χ0n) is 15.8. The molecule has 1 amide bonds. The minimum atomic E-state index is -0.349. The number of para-hydroxylation sites is 2. The zero-order valence-corrected chi connectivity index (χ0v) is 16.6. The Morgan fingerprint density at radius 1 is 1.04 bits per heavy atom. The van der Waals surface area contributed by atoms with Crippen LogP contribution in [-0.4, -0.2) is 37.8 Å². The molecular formula is C20H25N3O3S. The fourth-order valence-electron chi connectivity index (χ4n) is 2.55. The number of anilines is 2. The van der Waals surface area contributed by atoms with E-state index in [1.165, 1.54) is 0 Å². The average molecular weight is 388 g/mol. The van der Waals surface area contributed by atoms with Crippen molar-refractivity contribution in [2.45, 2.75) is 13.8 Å². The Morgan fingerprint density at radius 3 is 2.26 bits per heavy atom. The number of carbonyl (C=O) groups excluding carboxylic acids is 1. The van der Waals surface area contributed by atoms with Gasteiger partial charge in [0.05, 0.1) is 7.11 Å². The zero-order chi connectivity index (χ0) is 19.6. The first-order chi connectivity index (χ1) is 13.1. The molecule has 2 aromatic rings. The van der Waals surface area contributed by atoms with Crippen molar-refractivity contribution in [1.29, 1.82) is 0 Å². The molecule has 0 saturated heterocycles. The molecule has 0 aliphatic carbocycles. The Balaban J connectivity index is 1.83. The minimum absolute atomic E-state index is 0.164. The van der Waals surface area contributed by atoms with E-state index in [2.05, 4.69) is 29.4 Å². The van der Waals surface area contributed by atoms with Gasteiger partial charge in [-0.25, -0.2) is 0 Å². The predicted molar refractivity (Wildman–Crippen MR) is 113 cm³/mol. The molecule has 6 nitrogen and oxygen atoms in total. The molecular weight excluding hydrogens is 362 g/mol. The van der Waals surface area contributed by atoms with E-state index in [0.717, 1.165) is 24.5 Å².